The fourth-order valence-electron chi connectivity index (χ4n) is 1.75. The van der Waals surface area contributed by atoms with E-state index in [0.717, 1.165) is 11.1 Å². The summed E-state index contributed by atoms with van der Waals surface area (Å²) in [5.41, 5.74) is 2.27. The van der Waals surface area contributed by atoms with Gasteiger partial charge >= 0.3 is 0 Å². The fourth-order valence-corrected chi connectivity index (χ4v) is 1.75. The van der Waals surface area contributed by atoms with E-state index in [1.807, 2.05) is 0 Å². The summed E-state index contributed by atoms with van der Waals surface area (Å²) in [7, 11) is 1.52. The molecule has 0 fully saturated rings. The molecule has 3 nitrogen and oxygen atoms in total. The minimum absolute atomic E-state index is 0.223. The van der Waals surface area contributed by atoms with Gasteiger partial charge in [-0.2, -0.15) is 0 Å². The average Bonchev–Trinajstić information content (AvgIpc) is 2.69. The van der Waals surface area contributed by atoms with Crippen LogP contribution >= 0.6 is 0 Å². The normalized spacial score (nSPS) is 13.3. The van der Waals surface area contributed by atoms with Crippen LogP contribution in [0.4, 0.5) is 4.39 Å². The summed E-state index contributed by atoms with van der Waals surface area (Å²) >= 11 is 0. The number of benzene rings is 1. The highest BCUT2D eigenvalue weighted by Gasteiger charge is 2.20. The van der Waals surface area contributed by atoms with Crippen molar-refractivity contribution in [2.24, 2.45) is 0 Å². The van der Waals surface area contributed by atoms with Gasteiger partial charge in [0.05, 0.1) is 0 Å². The number of aliphatic hydroxyl groups is 1. The molecule has 84 valence electrons. The fraction of sp³-hybridized carbons (Fsp3) is 0.250. The molecule has 2 rings (SSSR count). The molecular formula is C12H12FNO2. The molecule has 16 heavy (non-hydrogen) atoms. The number of hydrogen-bond acceptors (Lipinski definition) is 2. The molecule has 0 aromatic heterocycles. The molecule has 1 aliphatic carbocycles. The van der Waals surface area contributed by atoms with Crippen LogP contribution in [-0.4, -0.2) is 29.7 Å². The zero-order valence-electron chi connectivity index (χ0n) is 8.90. The molecule has 1 aliphatic rings. The number of rotatable bonds is 2. The third-order valence-corrected chi connectivity index (χ3v) is 2.65. The van der Waals surface area contributed by atoms with E-state index < -0.39 is 0 Å². The SMILES string of the molecule is CN(CO)C(=O)C1=Cc2cc(F)ccc2C1. The molecular weight excluding hydrogens is 209 g/mol. The van der Waals surface area contributed by atoms with Crippen molar-refractivity contribution in [1.29, 1.82) is 0 Å². The summed E-state index contributed by atoms with van der Waals surface area (Å²) < 4.78 is 13.0. The molecule has 0 saturated heterocycles. The lowest BCUT2D eigenvalue weighted by Gasteiger charge is -2.13. The molecule has 0 heterocycles. The number of carbonyl (C=O) groups excluding carboxylic acids is 1. The molecule has 0 bridgehead atoms. The zero-order chi connectivity index (χ0) is 11.7. The van der Waals surface area contributed by atoms with Crippen LogP contribution in [0.25, 0.3) is 6.08 Å². The smallest absolute Gasteiger partial charge is 0.251 e. The van der Waals surface area contributed by atoms with Crippen molar-refractivity contribution in [2.75, 3.05) is 13.8 Å². The van der Waals surface area contributed by atoms with Crippen LogP contribution in [0.1, 0.15) is 11.1 Å². The van der Waals surface area contributed by atoms with Gasteiger partial charge in [-0.05, 0) is 29.3 Å². The van der Waals surface area contributed by atoms with Gasteiger partial charge < -0.3 is 10.0 Å². The Balaban J connectivity index is 2.25. The molecule has 0 radical (unpaired) electrons. The molecule has 4 heteroatoms. The van der Waals surface area contributed by atoms with E-state index in [2.05, 4.69) is 0 Å². The maximum atomic E-state index is 13.0. The third kappa shape index (κ3) is 1.84. The Morgan fingerprint density at radius 3 is 3.00 bits per heavy atom. The second-order valence-corrected chi connectivity index (χ2v) is 3.83. The summed E-state index contributed by atoms with van der Waals surface area (Å²) in [6.45, 7) is -0.319. The Morgan fingerprint density at radius 2 is 2.31 bits per heavy atom. The highest BCUT2D eigenvalue weighted by molar-refractivity contribution is 6.00. The van der Waals surface area contributed by atoms with E-state index in [0.29, 0.717) is 12.0 Å². The molecule has 0 saturated carbocycles. The van der Waals surface area contributed by atoms with E-state index in [1.54, 1.807) is 12.1 Å². The van der Waals surface area contributed by atoms with Crippen LogP contribution in [0.15, 0.2) is 23.8 Å². The van der Waals surface area contributed by atoms with Crippen LogP contribution < -0.4 is 0 Å². The maximum absolute atomic E-state index is 13.0. The second-order valence-electron chi connectivity index (χ2n) is 3.83. The van der Waals surface area contributed by atoms with Gasteiger partial charge in [0.2, 0.25) is 0 Å². The van der Waals surface area contributed by atoms with Crippen LogP contribution in [0, 0.1) is 5.82 Å². The van der Waals surface area contributed by atoms with Crippen LogP contribution in [-0.2, 0) is 11.2 Å². The molecule has 0 unspecified atom stereocenters. The number of fused-ring (bicyclic) bond motifs is 1. The van der Waals surface area contributed by atoms with Gasteiger partial charge in [0, 0.05) is 19.0 Å². The molecule has 1 aromatic carbocycles. The summed E-state index contributed by atoms with van der Waals surface area (Å²) in [5, 5.41) is 8.84. The van der Waals surface area contributed by atoms with E-state index >= 15 is 0 Å². The van der Waals surface area contributed by atoms with Gasteiger partial charge in [-0.3, -0.25) is 4.79 Å². The highest BCUT2D eigenvalue weighted by atomic mass is 19.1. The Morgan fingerprint density at radius 1 is 1.56 bits per heavy atom. The van der Waals surface area contributed by atoms with E-state index in [-0.39, 0.29) is 18.5 Å². The number of likely N-dealkylation sites (N-methyl/N-ethyl adjacent to an activating group) is 1. The first-order chi connectivity index (χ1) is 7.61. The Hall–Kier alpha value is -1.68. The van der Waals surface area contributed by atoms with E-state index in [1.165, 1.54) is 24.1 Å². The number of halogens is 1. The van der Waals surface area contributed by atoms with Gasteiger partial charge in [0.15, 0.2) is 0 Å². The average molecular weight is 221 g/mol. The van der Waals surface area contributed by atoms with Crippen molar-refractivity contribution in [3.8, 4) is 0 Å². The quantitative estimate of drug-likeness (QED) is 0.762. The van der Waals surface area contributed by atoms with Crippen molar-refractivity contribution in [3.05, 3.63) is 40.7 Å². The first-order valence-electron chi connectivity index (χ1n) is 4.97. The Labute approximate surface area is 92.8 Å². The predicted octanol–water partition coefficient (Wildman–Crippen LogP) is 1.17. The van der Waals surface area contributed by atoms with Crippen molar-refractivity contribution in [1.82, 2.24) is 4.90 Å². The Kier molecular flexibility index (Phi) is 2.75. The topological polar surface area (TPSA) is 40.5 Å². The molecule has 1 amide bonds. The number of carbonyl (C=O) groups is 1. The van der Waals surface area contributed by atoms with Gasteiger partial charge in [0.25, 0.3) is 5.91 Å². The summed E-state index contributed by atoms with van der Waals surface area (Å²) in [4.78, 5) is 13.0. The summed E-state index contributed by atoms with van der Waals surface area (Å²) in [5.74, 6) is -0.529. The van der Waals surface area contributed by atoms with Crippen molar-refractivity contribution in [2.45, 2.75) is 6.42 Å². The predicted molar refractivity (Wildman–Crippen MR) is 57.9 cm³/mol. The number of amides is 1. The standard InChI is InChI=1S/C12H12FNO2/c1-14(7-15)12(16)10-4-8-2-3-11(13)6-9(8)5-10/h2-3,5-6,15H,4,7H2,1H3. The van der Waals surface area contributed by atoms with Gasteiger partial charge in [-0.15, -0.1) is 0 Å². The van der Waals surface area contributed by atoms with E-state index in [4.69, 9.17) is 5.11 Å². The largest absolute Gasteiger partial charge is 0.376 e. The molecule has 0 spiro atoms. The molecule has 1 N–H and O–H groups in total. The first kappa shape index (κ1) is 10.8. The maximum Gasteiger partial charge on any atom is 0.251 e. The lowest BCUT2D eigenvalue weighted by atomic mass is 10.1. The van der Waals surface area contributed by atoms with Crippen molar-refractivity contribution < 1.29 is 14.3 Å². The molecule has 0 aliphatic heterocycles. The third-order valence-electron chi connectivity index (χ3n) is 2.65. The van der Waals surface area contributed by atoms with Crippen molar-refractivity contribution in [3.63, 3.8) is 0 Å². The minimum Gasteiger partial charge on any atom is -0.376 e. The van der Waals surface area contributed by atoms with E-state index in [9.17, 15) is 9.18 Å². The monoisotopic (exact) mass is 221 g/mol. The Bertz CT molecular complexity index is 468. The summed E-state index contributed by atoms with van der Waals surface area (Å²) in [6, 6.07) is 4.48. The molecule has 0 atom stereocenters. The summed E-state index contributed by atoms with van der Waals surface area (Å²) in [6.07, 6.45) is 2.17. The highest BCUT2D eigenvalue weighted by Crippen LogP contribution is 2.26. The van der Waals surface area contributed by atoms with Crippen molar-refractivity contribution >= 4 is 12.0 Å². The van der Waals surface area contributed by atoms with Gasteiger partial charge in [0.1, 0.15) is 12.5 Å². The number of nitrogens with zero attached hydrogens (tertiary/aromatic N) is 1. The number of hydrogen-bond donors (Lipinski definition) is 1. The zero-order valence-corrected chi connectivity index (χ0v) is 8.90. The lowest BCUT2D eigenvalue weighted by molar-refractivity contribution is -0.128. The van der Waals surface area contributed by atoms with Crippen LogP contribution in [0.3, 0.4) is 0 Å². The number of aliphatic hydroxyl groups excluding tert-OH is 1. The van der Waals surface area contributed by atoms with Gasteiger partial charge in [-0.25, -0.2) is 4.39 Å². The second kappa shape index (κ2) is 4.06. The minimum atomic E-state index is -0.319. The lowest BCUT2D eigenvalue weighted by Crippen LogP contribution is -2.28. The van der Waals surface area contributed by atoms with Crippen LogP contribution in [0.2, 0.25) is 0 Å². The van der Waals surface area contributed by atoms with Crippen LogP contribution in [0.5, 0.6) is 0 Å². The van der Waals surface area contributed by atoms with Gasteiger partial charge in [-0.1, -0.05) is 6.07 Å². The molecule has 1 aromatic rings. The first-order valence-corrected chi connectivity index (χ1v) is 4.97.